The Morgan fingerprint density at radius 1 is 1.58 bits per heavy atom. The highest BCUT2D eigenvalue weighted by Crippen LogP contribution is 1.80. The van der Waals surface area contributed by atoms with Gasteiger partial charge in [0, 0.05) is 19.4 Å². The van der Waals surface area contributed by atoms with Gasteiger partial charge in [0.2, 0.25) is 0 Å². The SMILES string of the molecule is CCC.CNC(=O)n1cccn1. The lowest BCUT2D eigenvalue weighted by atomic mass is 10.6. The van der Waals surface area contributed by atoms with Crippen LogP contribution in [0.4, 0.5) is 4.79 Å². The van der Waals surface area contributed by atoms with Crippen molar-refractivity contribution in [1.29, 1.82) is 0 Å². The number of nitrogens with zero attached hydrogens (tertiary/aromatic N) is 2. The lowest BCUT2D eigenvalue weighted by Crippen LogP contribution is -2.24. The summed E-state index contributed by atoms with van der Waals surface area (Å²) in [5.74, 6) is 0. The van der Waals surface area contributed by atoms with E-state index in [2.05, 4.69) is 24.3 Å². The highest BCUT2D eigenvalue weighted by Gasteiger charge is 1.96. The Morgan fingerprint density at radius 2 is 2.17 bits per heavy atom. The molecule has 0 unspecified atom stereocenters. The molecule has 68 valence electrons. The molecule has 0 aliphatic heterocycles. The summed E-state index contributed by atoms with van der Waals surface area (Å²) >= 11 is 0. The number of nitrogens with one attached hydrogen (secondary N) is 1. The fourth-order valence-corrected chi connectivity index (χ4v) is 0.504. The van der Waals surface area contributed by atoms with E-state index >= 15 is 0 Å². The molecular weight excluding hydrogens is 154 g/mol. The zero-order valence-electron chi connectivity index (χ0n) is 7.74. The lowest BCUT2D eigenvalue weighted by molar-refractivity contribution is 0.241. The van der Waals surface area contributed by atoms with Gasteiger partial charge in [-0.25, -0.2) is 4.79 Å². The molecular formula is C8H15N3O. The summed E-state index contributed by atoms with van der Waals surface area (Å²) in [6, 6.07) is 1.47. The molecule has 1 N–H and O–H groups in total. The molecule has 0 saturated carbocycles. The van der Waals surface area contributed by atoms with E-state index in [0.29, 0.717) is 0 Å². The second-order valence-corrected chi connectivity index (χ2v) is 2.21. The van der Waals surface area contributed by atoms with Crippen LogP contribution in [0.1, 0.15) is 20.3 Å². The first-order valence-corrected chi connectivity index (χ1v) is 3.98. The van der Waals surface area contributed by atoms with Crippen LogP contribution in [0.15, 0.2) is 18.5 Å². The Balaban J connectivity index is 0.000000354. The fraction of sp³-hybridized carbons (Fsp3) is 0.500. The number of aromatic nitrogens is 2. The number of carbonyl (C=O) groups is 1. The number of amides is 1. The second-order valence-electron chi connectivity index (χ2n) is 2.21. The van der Waals surface area contributed by atoms with Crippen molar-refractivity contribution in [2.24, 2.45) is 0 Å². The van der Waals surface area contributed by atoms with Crippen LogP contribution in [0, 0.1) is 0 Å². The number of hydrogen-bond donors (Lipinski definition) is 1. The maximum absolute atomic E-state index is 10.7. The summed E-state index contributed by atoms with van der Waals surface area (Å²) in [6.07, 6.45) is 4.38. The van der Waals surface area contributed by atoms with Gasteiger partial charge in [0.15, 0.2) is 0 Å². The summed E-state index contributed by atoms with van der Waals surface area (Å²) < 4.78 is 1.22. The first-order chi connectivity index (χ1) is 5.76. The predicted octanol–water partition coefficient (Wildman–Crippen LogP) is 1.49. The molecule has 0 aliphatic rings. The molecule has 4 heteroatoms. The molecule has 0 radical (unpaired) electrons. The van der Waals surface area contributed by atoms with Crippen LogP contribution >= 0.6 is 0 Å². The summed E-state index contributed by atoms with van der Waals surface area (Å²) in [7, 11) is 1.56. The van der Waals surface area contributed by atoms with Crippen LogP contribution in [-0.2, 0) is 0 Å². The first kappa shape index (κ1) is 10.7. The number of rotatable bonds is 0. The highest BCUT2D eigenvalue weighted by atomic mass is 16.2. The van der Waals surface area contributed by atoms with Crippen molar-refractivity contribution in [3.63, 3.8) is 0 Å². The van der Waals surface area contributed by atoms with Crippen LogP contribution in [0.5, 0.6) is 0 Å². The normalized spacial score (nSPS) is 8.25. The van der Waals surface area contributed by atoms with Gasteiger partial charge in [-0.15, -0.1) is 0 Å². The second kappa shape index (κ2) is 6.39. The molecule has 0 saturated heterocycles. The number of hydrogen-bond acceptors (Lipinski definition) is 2. The van der Waals surface area contributed by atoms with Gasteiger partial charge in [-0.2, -0.15) is 9.78 Å². The van der Waals surface area contributed by atoms with E-state index in [1.54, 1.807) is 25.5 Å². The van der Waals surface area contributed by atoms with Crippen molar-refractivity contribution < 1.29 is 4.79 Å². The van der Waals surface area contributed by atoms with Crippen molar-refractivity contribution in [3.05, 3.63) is 18.5 Å². The molecule has 1 rings (SSSR count). The minimum atomic E-state index is -0.222. The molecule has 4 nitrogen and oxygen atoms in total. The molecule has 0 fully saturated rings. The average molecular weight is 169 g/mol. The van der Waals surface area contributed by atoms with Crippen LogP contribution < -0.4 is 5.32 Å². The molecule has 0 spiro atoms. The monoisotopic (exact) mass is 169 g/mol. The summed E-state index contributed by atoms with van der Waals surface area (Å²) in [5, 5.41) is 6.12. The highest BCUT2D eigenvalue weighted by molar-refractivity contribution is 5.75. The van der Waals surface area contributed by atoms with Crippen LogP contribution in [0.2, 0.25) is 0 Å². The quantitative estimate of drug-likeness (QED) is 0.639. The van der Waals surface area contributed by atoms with Crippen LogP contribution in [-0.4, -0.2) is 22.9 Å². The molecule has 0 bridgehead atoms. The first-order valence-electron chi connectivity index (χ1n) is 3.98. The van der Waals surface area contributed by atoms with Gasteiger partial charge in [-0.1, -0.05) is 20.3 Å². The predicted molar refractivity (Wildman–Crippen MR) is 48.0 cm³/mol. The van der Waals surface area contributed by atoms with Crippen molar-refractivity contribution in [1.82, 2.24) is 15.1 Å². The third-order valence-corrected chi connectivity index (χ3v) is 0.926. The standard InChI is InChI=1S/C5H7N3O.C3H8/c1-6-5(9)8-4-2-3-7-8;1-3-2/h2-4H,1H3,(H,6,9);3H2,1-2H3. The van der Waals surface area contributed by atoms with Crippen LogP contribution in [0.25, 0.3) is 0 Å². The third kappa shape index (κ3) is 3.75. The molecule has 0 aromatic carbocycles. The molecule has 0 aliphatic carbocycles. The van der Waals surface area contributed by atoms with E-state index in [4.69, 9.17) is 0 Å². The summed E-state index contributed by atoms with van der Waals surface area (Å²) in [4.78, 5) is 10.7. The van der Waals surface area contributed by atoms with E-state index in [0.717, 1.165) is 0 Å². The van der Waals surface area contributed by atoms with E-state index < -0.39 is 0 Å². The van der Waals surface area contributed by atoms with E-state index in [9.17, 15) is 4.79 Å². The van der Waals surface area contributed by atoms with Crippen molar-refractivity contribution >= 4 is 6.03 Å². The van der Waals surface area contributed by atoms with Gasteiger partial charge in [0.1, 0.15) is 0 Å². The molecule has 1 aromatic rings. The van der Waals surface area contributed by atoms with Gasteiger partial charge in [0.25, 0.3) is 0 Å². The smallest absolute Gasteiger partial charge is 0.339 e. The van der Waals surface area contributed by atoms with Gasteiger partial charge in [-0.3, -0.25) is 0 Å². The Hall–Kier alpha value is -1.32. The Labute approximate surface area is 72.6 Å². The average Bonchev–Trinajstić information content (AvgIpc) is 2.56. The summed E-state index contributed by atoms with van der Waals surface area (Å²) in [6.45, 7) is 4.25. The van der Waals surface area contributed by atoms with E-state index in [-0.39, 0.29) is 6.03 Å². The Bertz CT molecular complexity index is 206. The van der Waals surface area contributed by atoms with E-state index in [1.165, 1.54) is 11.1 Å². The van der Waals surface area contributed by atoms with Gasteiger partial charge in [-0.05, 0) is 6.07 Å². The van der Waals surface area contributed by atoms with Crippen molar-refractivity contribution in [2.45, 2.75) is 20.3 Å². The third-order valence-electron chi connectivity index (χ3n) is 0.926. The molecule has 1 amide bonds. The van der Waals surface area contributed by atoms with Gasteiger partial charge >= 0.3 is 6.03 Å². The van der Waals surface area contributed by atoms with Gasteiger partial charge in [0.05, 0.1) is 0 Å². The summed E-state index contributed by atoms with van der Waals surface area (Å²) in [5.41, 5.74) is 0. The maximum atomic E-state index is 10.7. The van der Waals surface area contributed by atoms with Crippen LogP contribution in [0.3, 0.4) is 0 Å². The van der Waals surface area contributed by atoms with Crippen molar-refractivity contribution in [3.8, 4) is 0 Å². The Kier molecular flexibility index (Phi) is 5.69. The molecule has 1 aromatic heterocycles. The Morgan fingerprint density at radius 3 is 2.50 bits per heavy atom. The van der Waals surface area contributed by atoms with Crippen molar-refractivity contribution in [2.75, 3.05) is 7.05 Å². The topological polar surface area (TPSA) is 46.9 Å². The largest absolute Gasteiger partial charge is 0.341 e. The zero-order chi connectivity index (χ0) is 9.40. The zero-order valence-corrected chi connectivity index (χ0v) is 7.74. The molecule has 1 heterocycles. The van der Waals surface area contributed by atoms with E-state index in [1.807, 2.05) is 0 Å². The minimum Gasteiger partial charge on any atom is -0.339 e. The lowest BCUT2D eigenvalue weighted by Gasteiger charge is -1.94. The van der Waals surface area contributed by atoms with Gasteiger partial charge < -0.3 is 5.32 Å². The minimum absolute atomic E-state index is 0.222. The maximum Gasteiger partial charge on any atom is 0.341 e. The number of carbonyl (C=O) groups excluding carboxylic acids is 1. The fourth-order valence-electron chi connectivity index (χ4n) is 0.504. The molecule has 0 atom stereocenters. The molecule has 12 heavy (non-hydrogen) atoms.